The zero-order chi connectivity index (χ0) is 18.9. The minimum absolute atomic E-state index is 0.145. The summed E-state index contributed by atoms with van der Waals surface area (Å²) in [5, 5.41) is 6.71. The number of hydrogen-bond acceptors (Lipinski definition) is 6. The number of thiophene rings is 1. The van der Waals surface area contributed by atoms with Gasteiger partial charge >= 0.3 is 0 Å². The van der Waals surface area contributed by atoms with Crippen molar-refractivity contribution in [2.75, 3.05) is 44.3 Å². The van der Waals surface area contributed by atoms with Crippen LogP contribution >= 0.6 is 11.3 Å². The van der Waals surface area contributed by atoms with Crippen LogP contribution in [0.3, 0.4) is 0 Å². The Balaban J connectivity index is 1.28. The molecule has 8 heteroatoms. The van der Waals surface area contributed by atoms with Crippen LogP contribution in [-0.2, 0) is 4.74 Å². The Labute approximate surface area is 167 Å². The summed E-state index contributed by atoms with van der Waals surface area (Å²) < 4.78 is 7.33. The topological polar surface area (TPSA) is 63.0 Å². The second-order valence-electron chi connectivity index (χ2n) is 7.30. The number of fused-ring (bicyclic) bond motifs is 1. The van der Waals surface area contributed by atoms with Crippen LogP contribution in [0.2, 0.25) is 0 Å². The summed E-state index contributed by atoms with van der Waals surface area (Å²) in [7, 11) is 0. The lowest BCUT2D eigenvalue weighted by molar-refractivity contribution is 0.0716. The second-order valence-corrected chi connectivity index (χ2v) is 8.25. The van der Waals surface area contributed by atoms with Gasteiger partial charge in [-0.1, -0.05) is 6.07 Å². The molecule has 0 bridgehead atoms. The molecule has 0 spiro atoms. The van der Waals surface area contributed by atoms with Crippen LogP contribution in [0.15, 0.2) is 35.8 Å². The molecule has 7 nitrogen and oxygen atoms in total. The number of ether oxygens (including phenoxy) is 1. The maximum absolute atomic E-state index is 12.5. The number of pyridine rings is 1. The Morgan fingerprint density at radius 3 is 2.68 bits per heavy atom. The minimum atomic E-state index is 0.145. The highest BCUT2D eigenvalue weighted by Gasteiger charge is 2.27. The van der Waals surface area contributed by atoms with Crippen molar-refractivity contribution in [2.45, 2.75) is 18.8 Å². The summed E-state index contributed by atoms with van der Waals surface area (Å²) >= 11 is 1.51. The van der Waals surface area contributed by atoms with Gasteiger partial charge in [0.1, 0.15) is 0 Å². The van der Waals surface area contributed by atoms with Gasteiger partial charge in [-0.25, -0.2) is 9.50 Å². The predicted octanol–water partition coefficient (Wildman–Crippen LogP) is 2.65. The van der Waals surface area contributed by atoms with Gasteiger partial charge in [0.05, 0.1) is 30.0 Å². The van der Waals surface area contributed by atoms with Crippen LogP contribution < -0.4 is 4.90 Å². The number of nitrogens with zero attached hydrogens (tertiary/aromatic N) is 5. The van der Waals surface area contributed by atoms with Crippen molar-refractivity contribution in [1.29, 1.82) is 0 Å². The molecule has 2 saturated heterocycles. The predicted molar refractivity (Wildman–Crippen MR) is 108 cm³/mol. The van der Waals surface area contributed by atoms with E-state index in [0.29, 0.717) is 5.92 Å². The Hall–Kier alpha value is -2.45. The van der Waals surface area contributed by atoms with Crippen LogP contribution in [-0.4, -0.2) is 64.8 Å². The molecule has 2 aliphatic heterocycles. The highest BCUT2D eigenvalue weighted by atomic mass is 32.1. The number of carbonyl (C=O) groups is 1. The zero-order valence-electron chi connectivity index (χ0n) is 15.7. The fourth-order valence-corrected chi connectivity index (χ4v) is 4.66. The third-order valence-corrected chi connectivity index (χ3v) is 6.45. The molecule has 5 rings (SSSR count). The third kappa shape index (κ3) is 3.38. The fraction of sp³-hybridized carbons (Fsp3) is 0.450. The molecular formula is C20H23N5O2S. The number of likely N-dealkylation sites (tertiary alicyclic amines) is 1. The average molecular weight is 398 g/mol. The molecule has 0 atom stereocenters. The summed E-state index contributed by atoms with van der Waals surface area (Å²) in [5.41, 5.74) is 2.03. The van der Waals surface area contributed by atoms with E-state index >= 15 is 0 Å². The van der Waals surface area contributed by atoms with Crippen LogP contribution in [0.25, 0.3) is 5.65 Å². The van der Waals surface area contributed by atoms with E-state index < -0.39 is 0 Å². The molecule has 5 heterocycles. The monoisotopic (exact) mass is 397 g/mol. The molecule has 0 saturated carbocycles. The van der Waals surface area contributed by atoms with E-state index in [1.54, 1.807) is 0 Å². The van der Waals surface area contributed by atoms with Gasteiger partial charge in [0.2, 0.25) is 0 Å². The molecule has 1 amide bonds. The van der Waals surface area contributed by atoms with E-state index in [4.69, 9.17) is 14.8 Å². The van der Waals surface area contributed by atoms with Gasteiger partial charge in [0, 0.05) is 32.1 Å². The summed E-state index contributed by atoms with van der Waals surface area (Å²) in [6.07, 6.45) is 3.88. The maximum Gasteiger partial charge on any atom is 0.263 e. The summed E-state index contributed by atoms with van der Waals surface area (Å²) in [6.45, 7) is 4.87. The van der Waals surface area contributed by atoms with Crippen molar-refractivity contribution in [3.05, 3.63) is 46.5 Å². The standard InChI is InChI=1S/C20H23N5O2S/c26-20(17-2-1-13-28-17)24-7-5-15(6-8-24)19-21-18-4-3-16(14-25(18)22-19)23-9-11-27-12-10-23/h1-4,13-15H,5-12H2. The molecule has 28 heavy (non-hydrogen) atoms. The van der Waals surface area contributed by atoms with Gasteiger partial charge in [-0.05, 0) is 36.4 Å². The minimum Gasteiger partial charge on any atom is -0.378 e. The SMILES string of the molecule is O=C(c1cccs1)N1CCC(c2nc3ccc(N4CCOCC4)cn3n2)CC1. The lowest BCUT2D eigenvalue weighted by Crippen LogP contribution is -2.37. The van der Waals surface area contributed by atoms with E-state index in [9.17, 15) is 4.79 Å². The van der Waals surface area contributed by atoms with Crippen molar-refractivity contribution >= 4 is 28.6 Å². The largest absolute Gasteiger partial charge is 0.378 e. The number of aromatic nitrogens is 3. The Morgan fingerprint density at radius 2 is 1.93 bits per heavy atom. The highest BCUT2D eigenvalue weighted by molar-refractivity contribution is 7.12. The van der Waals surface area contributed by atoms with E-state index in [1.807, 2.05) is 33.0 Å². The number of hydrogen-bond donors (Lipinski definition) is 0. The smallest absolute Gasteiger partial charge is 0.263 e. The summed E-state index contributed by atoms with van der Waals surface area (Å²) in [5.74, 6) is 1.34. The van der Waals surface area contributed by atoms with Crippen molar-refractivity contribution in [1.82, 2.24) is 19.5 Å². The maximum atomic E-state index is 12.5. The van der Waals surface area contributed by atoms with Crippen molar-refractivity contribution in [3.8, 4) is 0 Å². The number of carbonyl (C=O) groups excluding carboxylic acids is 1. The molecular weight excluding hydrogens is 374 g/mol. The molecule has 3 aromatic heterocycles. The molecule has 0 unspecified atom stereocenters. The molecule has 3 aromatic rings. The molecule has 0 aromatic carbocycles. The van der Waals surface area contributed by atoms with Crippen LogP contribution in [0, 0.1) is 0 Å². The van der Waals surface area contributed by atoms with Crippen LogP contribution in [0.1, 0.15) is 34.3 Å². The van der Waals surface area contributed by atoms with Crippen molar-refractivity contribution in [2.24, 2.45) is 0 Å². The van der Waals surface area contributed by atoms with E-state index in [0.717, 1.165) is 74.3 Å². The summed E-state index contributed by atoms with van der Waals surface area (Å²) in [6, 6.07) is 7.98. The van der Waals surface area contributed by atoms with Gasteiger partial charge in [-0.15, -0.1) is 11.3 Å². The number of morpholine rings is 1. The molecule has 146 valence electrons. The number of rotatable bonds is 3. The number of anilines is 1. The lowest BCUT2D eigenvalue weighted by atomic mass is 9.96. The molecule has 0 radical (unpaired) electrons. The average Bonchev–Trinajstić information content (AvgIpc) is 3.43. The van der Waals surface area contributed by atoms with Gasteiger partial charge < -0.3 is 14.5 Å². The fourth-order valence-electron chi connectivity index (χ4n) is 3.97. The molecule has 0 aliphatic carbocycles. The van der Waals surface area contributed by atoms with Crippen LogP contribution in [0.5, 0.6) is 0 Å². The normalized spacial score (nSPS) is 18.7. The molecule has 2 fully saturated rings. The zero-order valence-corrected chi connectivity index (χ0v) is 16.5. The number of amides is 1. The van der Waals surface area contributed by atoms with Gasteiger partial charge in [0.25, 0.3) is 5.91 Å². The van der Waals surface area contributed by atoms with Gasteiger partial charge in [-0.3, -0.25) is 4.79 Å². The number of piperidine rings is 1. The Morgan fingerprint density at radius 1 is 1.11 bits per heavy atom. The van der Waals surface area contributed by atoms with Gasteiger partial charge in [0.15, 0.2) is 11.5 Å². The second kappa shape index (κ2) is 7.52. The Kier molecular flexibility index (Phi) is 4.74. The first-order chi connectivity index (χ1) is 13.8. The first-order valence-corrected chi connectivity index (χ1v) is 10.7. The highest BCUT2D eigenvalue weighted by Crippen LogP contribution is 2.28. The van der Waals surface area contributed by atoms with Crippen molar-refractivity contribution < 1.29 is 9.53 Å². The van der Waals surface area contributed by atoms with Crippen LogP contribution in [0.4, 0.5) is 5.69 Å². The molecule has 0 N–H and O–H groups in total. The Bertz CT molecular complexity index is 956. The van der Waals surface area contributed by atoms with E-state index in [-0.39, 0.29) is 5.91 Å². The van der Waals surface area contributed by atoms with E-state index in [2.05, 4.69) is 17.2 Å². The first-order valence-electron chi connectivity index (χ1n) is 9.80. The summed E-state index contributed by atoms with van der Waals surface area (Å²) in [4.78, 5) is 22.4. The lowest BCUT2D eigenvalue weighted by Gasteiger charge is -2.30. The molecule has 2 aliphatic rings. The van der Waals surface area contributed by atoms with E-state index in [1.165, 1.54) is 11.3 Å². The third-order valence-electron chi connectivity index (χ3n) is 5.59. The first kappa shape index (κ1) is 17.6. The van der Waals surface area contributed by atoms with Gasteiger partial charge in [-0.2, -0.15) is 5.10 Å². The van der Waals surface area contributed by atoms with Crippen molar-refractivity contribution in [3.63, 3.8) is 0 Å². The quantitative estimate of drug-likeness (QED) is 0.680.